The summed E-state index contributed by atoms with van der Waals surface area (Å²) in [5, 5.41) is -4.35. The summed E-state index contributed by atoms with van der Waals surface area (Å²) < 4.78 is 88.9. The maximum absolute atomic E-state index is 11.2. The van der Waals surface area contributed by atoms with Gasteiger partial charge in [-0.25, -0.2) is 8.78 Å². The van der Waals surface area contributed by atoms with Gasteiger partial charge in [-0.1, -0.05) is 23.2 Å². The van der Waals surface area contributed by atoms with E-state index in [9.17, 15) is 35.1 Å². The third-order valence-electron chi connectivity index (χ3n) is 0.901. The van der Waals surface area contributed by atoms with Crippen LogP contribution in [0.15, 0.2) is 10.6 Å². The van der Waals surface area contributed by atoms with E-state index in [4.69, 9.17) is 0 Å². The summed E-state index contributed by atoms with van der Waals surface area (Å²) in [5.74, 6) is 0. The molecule has 0 aromatic carbocycles. The maximum atomic E-state index is 11.2. The molecule has 1 atom stereocenters. The third kappa shape index (κ3) is 9.72. The van der Waals surface area contributed by atoms with Gasteiger partial charge >= 0.3 is 12.4 Å². The molecule has 0 bridgehead atoms. The maximum Gasteiger partial charge on any atom is 0.427 e. The molecule has 104 valence electrons. The Bertz CT molecular complexity index is 243. The highest BCUT2D eigenvalue weighted by atomic mass is 35.5. The van der Waals surface area contributed by atoms with Gasteiger partial charge < -0.3 is 0 Å². The molecule has 0 aromatic rings. The average Bonchev–Trinajstić information content (AvgIpc) is 2.13. The van der Waals surface area contributed by atoms with E-state index >= 15 is 0 Å². The summed E-state index contributed by atoms with van der Waals surface area (Å²) in [6, 6.07) is 0. The molecule has 0 nitrogen and oxygen atoms in total. The molecule has 0 aliphatic rings. The first kappa shape index (κ1) is 19.4. The van der Waals surface area contributed by atoms with Crippen LogP contribution >= 0.6 is 34.8 Å². The number of hydrogen-bond acceptors (Lipinski definition) is 0. The molecule has 0 N–H and O–H groups in total. The second-order valence-corrected chi connectivity index (χ2v) is 3.33. The van der Waals surface area contributed by atoms with Crippen LogP contribution in [0.25, 0.3) is 0 Å². The molecule has 0 aromatic heterocycles. The number of allylic oxidation sites excluding steroid dienone is 1. The van der Waals surface area contributed by atoms with Crippen LogP contribution in [-0.4, -0.2) is 24.2 Å². The fourth-order valence-corrected chi connectivity index (χ4v) is 0.328. The largest absolute Gasteiger partial charge is 0.427 e. The molecular weight excluding hydrogens is 330 g/mol. The van der Waals surface area contributed by atoms with Gasteiger partial charge in [0.05, 0.1) is 0 Å². The number of hydrogen-bond donors (Lipinski definition) is 0. The van der Waals surface area contributed by atoms with Crippen LogP contribution in [-0.2, 0) is 0 Å². The second-order valence-electron chi connectivity index (χ2n) is 2.23. The van der Waals surface area contributed by atoms with E-state index in [1.54, 1.807) is 0 Å². The van der Waals surface area contributed by atoms with Crippen molar-refractivity contribution in [2.24, 2.45) is 0 Å². The van der Waals surface area contributed by atoms with Gasteiger partial charge in [0.25, 0.3) is 6.43 Å². The van der Waals surface area contributed by atoms with E-state index in [0.717, 1.165) is 0 Å². The highest BCUT2D eigenvalue weighted by Gasteiger charge is 2.44. The summed E-state index contributed by atoms with van der Waals surface area (Å²) in [6.45, 7) is 0. The van der Waals surface area contributed by atoms with Crippen molar-refractivity contribution < 1.29 is 35.1 Å². The Labute approximate surface area is 105 Å². The fourth-order valence-electron chi connectivity index (χ4n) is 0.205. The minimum atomic E-state index is -5.00. The molecule has 0 aliphatic carbocycles. The first-order valence-electron chi connectivity index (χ1n) is 3.36. The van der Waals surface area contributed by atoms with Gasteiger partial charge in [0.1, 0.15) is 5.03 Å². The van der Waals surface area contributed by atoms with Crippen molar-refractivity contribution in [3.8, 4) is 0 Å². The lowest BCUT2D eigenvalue weighted by Gasteiger charge is -2.10. The van der Waals surface area contributed by atoms with E-state index in [-0.39, 0.29) is 5.54 Å². The summed E-state index contributed by atoms with van der Waals surface area (Å²) in [5.41, 5.74) is 0.279. The Morgan fingerprint density at radius 1 is 1.00 bits per heavy atom. The SMILES string of the molecule is FC(F)(F)C(Cl)=CCl.FC(F)C(Cl)C(F)(F)F. The van der Waals surface area contributed by atoms with Crippen LogP contribution in [0.5, 0.6) is 0 Å². The Kier molecular flexibility index (Phi) is 8.53. The molecule has 0 rings (SSSR count). The fraction of sp³-hybridized carbons (Fsp3) is 0.667. The molecule has 0 spiro atoms. The Morgan fingerprint density at radius 2 is 1.35 bits per heavy atom. The summed E-state index contributed by atoms with van der Waals surface area (Å²) in [6.07, 6.45) is -13.1. The highest BCUT2D eigenvalue weighted by molar-refractivity contribution is 6.37. The molecule has 0 saturated carbocycles. The van der Waals surface area contributed by atoms with Crippen molar-refractivity contribution in [3.05, 3.63) is 10.6 Å². The predicted octanol–water partition coefficient (Wildman–Crippen LogP) is 5.29. The van der Waals surface area contributed by atoms with E-state index in [1.165, 1.54) is 0 Å². The minimum Gasteiger partial charge on any atom is -0.208 e. The molecule has 0 saturated heterocycles. The molecule has 17 heavy (non-hydrogen) atoms. The quantitative estimate of drug-likeness (QED) is 0.452. The number of halogens is 11. The number of rotatable bonds is 1. The van der Waals surface area contributed by atoms with Crippen molar-refractivity contribution in [1.29, 1.82) is 0 Å². The van der Waals surface area contributed by atoms with Crippen molar-refractivity contribution >= 4 is 34.8 Å². The highest BCUT2D eigenvalue weighted by Crippen LogP contribution is 2.29. The van der Waals surface area contributed by atoms with Crippen LogP contribution in [0.3, 0.4) is 0 Å². The summed E-state index contributed by atoms with van der Waals surface area (Å²) in [4.78, 5) is 0. The van der Waals surface area contributed by atoms with Gasteiger partial charge in [-0.3, -0.25) is 0 Å². The van der Waals surface area contributed by atoms with Gasteiger partial charge in [-0.15, -0.1) is 11.6 Å². The van der Waals surface area contributed by atoms with E-state index in [1.807, 2.05) is 0 Å². The molecule has 1 unspecified atom stereocenters. The van der Waals surface area contributed by atoms with Gasteiger partial charge in [-0.2, -0.15) is 26.3 Å². The van der Waals surface area contributed by atoms with Crippen molar-refractivity contribution in [2.75, 3.05) is 0 Å². The van der Waals surface area contributed by atoms with Crippen molar-refractivity contribution in [2.45, 2.75) is 24.2 Å². The molecule has 0 radical (unpaired) electrons. The van der Waals surface area contributed by atoms with Crippen LogP contribution in [0.4, 0.5) is 35.1 Å². The second kappa shape index (κ2) is 7.48. The predicted molar refractivity (Wildman–Crippen MR) is 47.5 cm³/mol. The average molecular weight is 333 g/mol. The first-order valence-corrected chi connectivity index (χ1v) is 4.61. The van der Waals surface area contributed by atoms with Crippen LogP contribution < -0.4 is 0 Å². The molecular formula is C6H3Cl3F8. The van der Waals surface area contributed by atoms with Crippen LogP contribution in [0.1, 0.15) is 0 Å². The van der Waals surface area contributed by atoms with E-state index in [2.05, 4.69) is 34.8 Å². The van der Waals surface area contributed by atoms with Gasteiger partial charge in [0.2, 0.25) is 0 Å². The van der Waals surface area contributed by atoms with Gasteiger partial charge in [-0.05, 0) is 0 Å². The normalized spacial score (nSPS) is 15.4. The first-order chi connectivity index (χ1) is 7.34. The van der Waals surface area contributed by atoms with E-state index < -0.39 is 29.2 Å². The minimum absolute atomic E-state index is 0.279. The summed E-state index contributed by atoms with van der Waals surface area (Å²) in [7, 11) is 0. The standard InChI is InChI=1S/C3HCl2F3.C3H2ClF5/c4-1-2(5)3(6,7)8;4-1(2(5)6)3(7,8)9/h1H;1-2H. The van der Waals surface area contributed by atoms with Crippen molar-refractivity contribution in [3.63, 3.8) is 0 Å². The zero-order valence-corrected chi connectivity index (χ0v) is 9.66. The van der Waals surface area contributed by atoms with Crippen LogP contribution in [0.2, 0.25) is 0 Å². The molecule has 0 aliphatic heterocycles. The smallest absolute Gasteiger partial charge is 0.208 e. The van der Waals surface area contributed by atoms with Gasteiger partial charge in [0, 0.05) is 5.54 Å². The Hall–Kier alpha value is 0.0500. The Balaban J connectivity index is 0. The number of alkyl halides is 9. The topological polar surface area (TPSA) is 0 Å². The van der Waals surface area contributed by atoms with Crippen molar-refractivity contribution in [1.82, 2.24) is 0 Å². The third-order valence-corrected chi connectivity index (χ3v) is 1.99. The molecule has 0 fully saturated rings. The zero-order chi connectivity index (χ0) is 14.4. The van der Waals surface area contributed by atoms with Gasteiger partial charge in [0.15, 0.2) is 5.38 Å². The monoisotopic (exact) mass is 332 g/mol. The lowest BCUT2D eigenvalue weighted by atomic mass is 10.4. The Morgan fingerprint density at radius 3 is 1.35 bits per heavy atom. The lowest BCUT2D eigenvalue weighted by molar-refractivity contribution is -0.153. The zero-order valence-electron chi connectivity index (χ0n) is 7.39. The summed E-state index contributed by atoms with van der Waals surface area (Å²) >= 11 is 13.4. The molecule has 11 heteroatoms. The van der Waals surface area contributed by atoms with Crippen LogP contribution in [0, 0.1) is 0 Å². The van der Waals surface area contributed by atoms with E-state index in [0.29, 0.717) is 0 Å². The lowest BCUT2D eigenvalue weighted by Crippen LogP contribution is -2.29. The molecule has 0 amide bonds. The molecule has 0 heterocycles.